The van der Waals surface area contributed by atoms with Crippen molar-refractivity contribution in [3.05, 3.63) is 0 Å². The second kappa shape index (κ2) is 9.39. The maximum Gasteiger partial charge on any atom is 0.238 e. The van der Waals surface area contributed by atoms with E-state index in [2.05, 4.69) is 12.2 Å². The van der Waals surface area contributed by atoms with Crippen molar-refractivity contribution in [1.82, 2.24) is 10.2 Å². The molecule has 0 aromatic heterocycles. The van der Waals surface area contributed by atoms with Crippen molar-refractivity contribution >= 4 is 5.91 Å². The zero-order valence-electron chi connectivity index (χ0n) is 11.4. The maximum atomic E-state index is 11.5. The van der Waals surface area contributed by atoms with Crippen LogP contribution >= 0.6 is 0 Å². The van der Waals surface area contributed by atoms with Crippen LogP contribution in [-0.4, -0.2) is 61.9 Å². The van der Waals surface area contributed by atoms with E-state index in [0.29, 0.717) is 19.8 Å². The number of rotatable bonds is 9. The number of carbonyl (C=O) groups excluding carboxylic acids is 1. The van der Waals surface area contributed by atoms with E-state index in [9.17, 15) is 9.90 Å². The third-order valence-corrected chi connectivity index (χ3v) is 2.42. The van der Waals surface area contributed by atoms with E-state index in [1.54, 1.807) is 21.0 Å². The Hall–Kier alpha value is -0.650. The fourth-order valence-corrected chi connectivity index (χ4v) is 1.31. The molecule has 0 aliphatic rings. The molecule has 0 aliphatic heterocycles. The molecule has 0 spiro atoms. The highest BCUT2D eigenvalue weighted by molar-refractivity contribution is 5.80. The van der Waals surface area contributed by atoms with Crippen molar-refractivity contribution in [1.29, 1.82) is 0 Å². The number of amides is 1. The van der Waals surface area contributed by atoms with Gasteiger partial charge in [-0.1, -0.05) is 13.3 Å². The topological polar surface area (TPSA) is 61.8 Å². The summed E-state index contributed by atoms with van der Waals surface area (Å²) in [4.78, 5) is 13.0. The Morgan fingerprint density at radius 1 is 1.47 bits per heavy atom. The van der Waals surface area contributed by atoms with E-state index in [4.69, 9.17) is 4.74 Å². The number of ether oxygens (including phenoxy) is 1. The average Bonchev–Trinajstić information content (AvgIpc) is 2.30. The predicted octanol–water partition coefficient (Wildman–Crippen LogP) is 0.230. The van der Waals surface area contributed by atoms with Crippen molar-refractivity contribution in [2.45, 2.75) is 38.8 Å². The molecule has 2 unspecified atom stereocenters. The van der Waals surface area contributed by atoms with Gasteiger partial charge in [0, 0.05) is 27.2 Å². The minimum Gasteiger partial charge on any atom is -0.389 e. The summed E-state index contributed by atoms with van der Waals surface area (Å²) >= 11 is 0. The van der Waals surface area contributed by atoms with E-state index in [-0.39, 0.29) is 11.9 Å². The Kier molecular flexibility index (Phi) is 9.03. The highest BCUT2D eigenvalue weighted by Crippen LogP contribution is 1.92. The first-order valence-electron chi connectivity index (χ1n) is 6.19. The molecule has 0 radical (unpaired) electrons. The van der Waals surface area contributed by atoms with Crippen molar-refractivity contribution < 1.29 is 14.6 Å². The molecular weight excluding hydrogens is 220 g/mol. The second-order valence-corrected chi connectivity index (χ2v) is 4.44. The van der Waals surface area contributed by atoms with Crippen LogP contribution in [0.25, 0.3) is 0 Å². The molecule has 0 fully saturated rings. The van der Waals surface area contributed by atoms with Gasteiger partial charge < -0.3 is 20.1 Å². The summed E-state index contributed by atoms with van der Waals surface area (Å²) in [5.74, 6) is 0.00380. The van der Waals surface area contributed by atoms with E-state index in [1.165, 1.54) is 4.90 Å². The fourth-order valence-electron chi connectivity index (χ4n) is 1.31. The van der Waals surface area contributed by atoms with Crippen LogP contribution < -0.4 is 5.32 Å². The number of aliphatic hydroxyl groups is 1. The van der Waals surface area contributed by atoms with E-state index < -0.39 is 6.10 Å². The largest absolute Gasteiger partial charge is 0.389 e. The summed E-state index contributed by atoms with van der Waals surface area (Å²) in [5, 5.41) is 12.6. The van der Waals surface area contributed by atoms with Crippen LogP contribution in [-0.2, 0) is 9.53 Å². The summed E-state index contributed by atoms with van der Waals surface area (Å²) in [5.41, 5.74) is 0. The first-order chi connectivity index (χ1) is 7.99. The van der Waals surface area contributed by atoms with Gasteiger partial charge in [0.15, 0.2) is 0 Å². The van der Waals surface area contributed by atoms with Gasteiger partial charge in [0.05, 0.1) is 18.8 Å². The first kappa shape index (κ1) is 16.4. The molecule has 0 saturated carbocycles. The van der Waals surface area contributed by atoms with Gasteiger partial charge >= 0.3 is 0 Å². The number of hydrogen-bond acceptors (Lipinski definition) is 4. The highest BCUT2D eigenvalue weighted by Gasteiger charge is 2.15. The van der Waals surface area contributed by atoms with Gasteiger partial charge in [0.1, 0.15) is 0 Å². The zero-order chi connectivity index (χ0) is 13.3. The standard InChI is InChI=1S/C12H26N2O3/c1-5-6-7-17-9-11(15)8-13-10(2)12(16)14(3)4/h10-11,13,15H,5-9H2,1-4H3. The molecule has 17 heavy (non-hydrogen) atoms. The number of aliphatic hydroxyl groups excluding tert-OH is 1. The number of nitrogens with zero attached hydrogens (tertiary/aromatic N) is 1. The van der Waals surface area contributed by atoms with Crippen LogP contribution in [0.15, 0.2) is 0 Å². The third kappa shape index (κ3) is 8.12. The Morgan fingerprint density at radius 2 is 2.12 bits per heavy atom. The van der Waals surface area contributed by atoms with Gasteiger partial charge in [0.25, 0.3) is 0 Å². The van der Waals surface area contributed by atoms with Gasteiger partial charge in [-0.3, -0.25) is 4.79 Å². The number of hydrogen-bond donors (Lipinski definition) is 2. The molecule has 0 aromatic rings. The quantitative estimate of drug-likeness (QED) is 0.572. The average molecular weight is 246 g/mol. The van der Waals surface area contributed by atoms with Crippen LogP contribution in [0, 0.1) is 0 Å². The van der Waals surface area contributed by atoms with Crippen LogP contribution in [0.3, 0.4) is 0 Å². The molecule has 0 heterocycles. The van der Waals surface area contributed by atoms with Crippen LogP contribution in [0.1, 0.15) is 26.7 Å². The molecule has 2 atom stereocenters. The first-order valence-corrected chi connectivity index (χ1v) is 6.19. The van der Waals surface area contributed by atoms with Crippen LogP contribution in [0.2, 0.25) is 0 Å². The van der Waals surface area contributed by atoms with Crippen LogP contribution in [0.4, 0.5) is 0 Å². The van der Waals surface area contributed by atoms with Crippen molar-refractivity contribution in [3.8, 4) is 0 Å². The lowest BCUT2D eigenvalue weighted by Gasteiger charge is -2.19. The second-order valence-electron chi connectivity index (χ2n) is 4.44. The Bertz CT molecular complexity index is 210. The Balaban J connectivity index is 3.62. The molecule has 0 saturated heterocycles. The minimum atomic E-state index is -0.565. The summed E-state index contributed by atoms with van der Waals surface area (Å²) in [6.07, 6.45) is 1.53. The minimum absolute atomic E-state index is 0.00380. The molecule has 0 aliphatic carbocycles. The SMILES string of the molecule is CCCCOCC(O)CNC(C)C(=O)N(C)C. The molecule has 5 nitrogen and oxygen atoms in total. The Labute approximate surface area is 104 Å². The third-order valence-electron chi connectivity index (χ3n) is 2.42. The molecule has 0 rings (SSSR count). The summed E-state index contributed by atoms with van der Waals surface area (Å²) in [7, 11) is 3.43. The van der Waals surface area contributed by atoms with Gasteiger partial charge in [-0.25, -0.2) is 0 Å². The van der Waals surface area contributed by atoms with Crippen molar-refractivity contribution in [2.24, 2.45) is 0 Å². The van der Waals surface area contributed by atoms with Gasteiger partial charge in [-0.2, -0.15) is 0 Å². The summed E-state index contributed by atoms with van der Waals surface area (Å²) in [6.45, 7) is 5.24. The maximum absolute atomic E-state index is 11.5. The van der Waals surface area contributed by atoms with Gasteiger partial charge in [-0.05, 0) is 13.3 Å². The summed E-state index contributed by atoms with van der Waals surface area (Å²) < 4.78 is 5.29. The molecule has 0 bridgehead atoms. The van der Waals surface area contributed by atoms with Gasteiger partial charge in [0.2, 0.25) is 5.91 Å². The lowest BCUT2D eigenvalue weighted by molar-refractivity contribution is -0.130. The highest BCUT2D eigenvalue weighted by atomic mass is 16.5. The van der Waals surface area contributed by atoms with Crippen LogP contribution in [0.5, 0.6) is 0 Å². The number of unbranched alkanes of at least 4 members (excludes halogenated alkanes) is 1. The zero-order valence-corrected chi connectivity index (χ0v) is 11.4. The fraction of sp³-hybridized carbons (Fsp3) is 0.917. The van der Waals surface area contributed by atoms with Crippen molar-refractivity contribution in [2.75, 3.05) is 33.9 Å². The number of likely N-dealkylation sites (N-methyl/N-ethyl adjacent to an activating group) is 1. The predicted molar refractivity (Wildman–Crippen MR) is 67.9 cm³/mol. The lowest BCUT2D eigenvalue weighted by Crippen LogP contribution is -2.45. The number of carbonyl (C=O) groups is 1. The lowest BCUT2D eigenvalue weighted by atomic mass is 10.2. The van der Waals surface area contributed by atoms with E-state index >= 15 is 0 Å². The molecule has 102 valence electrons. The molecule has 0 aromatic carbocycles. The normalized spacial score (nSPS) is 14.4. The Morgan fingerprint density at radius 3 is 2.65 bits per heavy atom. The molecule has 1 amide bonds. The molecule has 2 N–H and O–H groups in total. The molecular formula is C12H26N2O3. The van der Waals surface area contributed by atoms with E-state index in [1.807, 2.05) is 0 Å². The monoisotopic (exact) mass is 246 g/mol. The van der Waals surface area contributed by atoms with Crippen molar-refractivity contribution in [3.63, 3.8) is 0 Å². The van der Waals surface area contributed by atoms with Gasteiger partial charge in [-0.15, -0.1) is 0 Å². The summed E-state index contributed by atoms with van der Waals surface area (Å²) in [6, 6.07) is -0.282. The number of nitrogens with one attached hydrogen (secondary N) is 1. The molecule has 5 heteroatoms. The van der Waals surface area contributed by atoms with E-state index in [0.717, 1.165) is 12.8 Å². The smallest absolute Gasteiger partial charge is 0.238 e.